The Bertz CT molecular complexity index is 738. The highest BCUT2D eigenvalue weighted by atomic mass is 32.2. The van der Waals surface area contributed by atoms with Crippen molar-refractivity contribution in [3.8, 4) is 0 Å². The number of hydrogen-bond acceptors (Lipinski definition) is 3. The highest BCUT2D eigenvalue weighted by Gasteiger charge is 2.34. The molecule has 2 rings (SSSR count). The van der Waals surface area contributed by atoms with Gasteiger partial charge in [0, 0.05) is 11.9 Å². The molecule has 0 aliphatic carbocycles. The molecule has 0 saturated heterocycles. The van der Waals surface area contributed by atoms with Crippen molar-refractivity contribution in [2.45, 2.75) is 17.7 Å². The van der Waals surface area contributed by atoms with E-state index >= 15 is 0 Å². The first-order valence-electron chi connectivity index (χ1n) is 5.71. The zero-order valence-electron chi connectivity index (χ0n) is 10.5. The van der Waals surface area contributed by atoms with Gasteiger partial charge in [-0.2, -0.15) is 13.2 Å². The molecule has 5 nitrogen and oxygen atoms in total. The minimum Gasteiger partial charge on any atom is -0.390 e. The molecule has 0 spiro atoms. The quantitative estimate of drug-likeness (QED) is 0.808. The maximum absolute atomic E-state index is 12.8. The van der Waals surface area contributed by atoms with Crippen LogP contribution in [0.15, 0.2) is 41.4 Å². The predicted octanol–water partition coefficient (Wildman–Crippen LogP) is 2.33. The van der Waals surface area contributed by atoms with E-state index in [9.17, 15) is 21.6 Å². The first-order valence-corrected chi connectivity index (χ1v) is 7.19. The second kappa shape index (κ2) is 5.41. The lowest BCUT2D eigenvalue weighted by molar-refractivity contribution is -0.136. The summed E-state index contributed by atoms with van der Waals surface area (Å²) in [7, 11) is -4.18. The number of sulfonamides is 1. The van der Waals surface area contributed by atoms with E-state index in [1.54, 1.807) is 0 Å². The van der Waals surface area contributed by atoms with Crippen LogP contribution in [0, 0.1) is 0 Å². The third-order valence-corrected chi connectivity index (χ3v) is 4.02. The minimum absolute atomic E-state index is 0.236. The molecule has 0 aliphatic rings. The van der Waals surface area contributed by atoms with Crippen molar-refractivity contribution in [3.63, 3.8) is 0 Å². The lowest BCUT2D eigenvalue weighted by atomic mass is 10.2. The summed E-state index contributed by atoms with van der Waals surface area (Å²) in [6.07, 6.45) is -3.59. The number of alkyl halides is 3. The third-order valence-electron chi connectivity index (χ3n) is 2.67. The number of rotatable bonds is 4. The number of para-hydroxylation sites is 1. The molecule has 21 heavy (non-hydrogen) atoms. The molecule has 1 aromatic heterocycles. The van der Waals surface area contributed by atoms with Gasteiger partial charge in [-0.15, -0.1) is 0 Å². The smallest absolute Gasteiger partial charge is 0.390 e. The topological polar surface area (TPSA) is 82.2 Å². The average Bonchev–Trinajstić information content (AvgIpc) is 2.87. The number of hydrogen-bond donors (Lipinski definition) is 3. The molecule has 0 fully saturated rings. The first kappa shape index (κ1) is 15.4. The van der Waals surface area contributed by atoms with E-state index in [2.05, 4.69) is 4.98 Å². The summed E-state index contributed by atoms with van der Waals surface area (Å²) in [5.74, 6) is 0. The molecular weight excluding hydrogens is 309 g/mol. The summed E-state index contributed by atoms with van der Waals surface area (Å²) in [5.41, 5.74) is -1.40. The Morgan fingerprint density at radius 1 is 1.24 bits per heavy atom. The molecule has 0 unspecified atom stereocenters. The van der Waals surface area contributed by atoms with Crippen LogP contribution in [0.2, 0.25) is 0 Å². The summed E-state index contributed by atoms with van der Waals surface area (Å²) >= 11 is 0. The van der Waals surface area contributed by atoms with Gasteiger partial charge in [-0.3, -0.25) is 4.72 Å². The second-order valence-corrected chi connectivity index (χ2v) is 5.85. The molecule has 1 heterocycles. The van der Waals surface area contributed by atoms with Gasteiger partial charge in [-0.1, -0.05) is 12.1 Å². The molecule has 1 aromatic carbocycles. The molecule has 0 aliphatic heterocycles. The van der Waals surface area contributed by atoms with Crippen LogP contribution in [-0.4, -0.2) is 18.5 Å². The van der Waals surface area contributed by atoms with Crippen LogP contribution in [0.4, 0.5) is 18.9 Å². The van der Waals surface area contributed by atoms with E-state index in [4.69, 9.17) is 5.11 Å². The van der Waals surface area contributed by atoms with Gasteiger partial charge < -0.3 is 10.1 Å². The van der Waals surface area contributed by atoms with Crippen molar-refractivity contribution in [1.29, 1.82) is 0 Å². The number of halogens is 3. The summed E-state index contributed by atoms with van der Waals surface area (Å²) < 4.78 is 64.4. The van der Waals surface area contributed by atoms with Crippen molar-refractivity contribution in [2.24, 2.45) is 0 Å². The SMILES string of the molecule is O=S(=O)(Nc1ccccc1C(F)(F)F)c1c[nH]c(CO)c1. The van der Waals surface area contributed by atoms with Crippen LogP contribution in [0.1, 0.15) is 11.3 Å². The molecule has 0 bridgehead atoms. The Morgan fingerprint density at radius 3 is 2.48 bits per heavy atom. The number of H-pyrrole nitrogens is 1. The lowest BCUT2D eigenvalue weighted by Crippen LogP contribution is -2.16. The molecule has 0 amide bonds. The Labute approximate surface area is 118 Å². The fourth-order valence-electron chi connectivity index (χ4n) is 1.69. The van der Waals surface area contributed by atoms with E-state index in [-0.39, 0.29) is 10.6 Å². The number of aliphatic hydroxyl groups excluding tert-OH is 1. The average molecular weight is 320 g/mol. The lowest BCUT2D eigenvalue weighted by Gasteiger charge is -2.13. The first-order chi connectivity index (χ1) is 9.74. The van der Waals surface area contributed by atoms with Crippen LogP contribution in [0.5, 0.6) is 0 Å². The minimum atomic E-state index is -4.67. The number of aromatic amines is 1. The van der Waals surface area contributed by atoms with Crippen molar-refractivity contribution >= 4 is 15.7 Å². The van der Waals surface area contributed by atoms with Crippen molar-refractivity contribution < 1.29 is 26.7 Å². The number of nitrogens with one attached hydrogen (secondary N) is 2. The van der Waals surface area contributed by atoms with Crippen molar-refractivity contribution in [3.05, 3.63) is 47.8 Å². The third kappa shape index (κ3) is 3.37. The summed E-state index contributed by atoms with van der Waals surface area (Å²) in [5, 5.41) is 8.86. The fraction of sp³-hybridized carbons (Fsp3) is 0.167. The van der Waals surface area contributed by atoms with Gasteiger partial charge >= 0.3 is 6.18 Å². The standard InChI is InChI=1S/C12H11F3N2O3S/c13-12(14,15)10-3-1-2-4-11(10)17-21(19,20)9-5-8(7-18)16-6-9/h1-6,16-18H,7H2. The Kier molecular flexibility index (Phi) is 3.97. The van der Waals surface area contributed by atoms with Crippen LogP contribution < -0.4 is 4.72 Å². The van der Waals surface area contributed by atoms with Crippen LogP contribution in [0.3, 0.4) is 0 Å². The van der Waals surface area contributed by atoms with Crippen molar-refractivity contribution in [2.75, 3.05) is 4.72 Å². The van der Waals surface area contributed by atoms with Gasteiger partial charge in [-0.05, 0) is 18.2 Å². The second-order valence-electron chi connectivity index (χ2n) is 4.17. The van der Waals surface area contributed by atoms with Gasteiger partial charge in [0.05, 0.1) is 17.9 Å². The van der Waals surface area contributed by atoms with Gasteiger partial charge in [0.25, 0.3) is 10.0 Å². The van der Waals surface area contributed by atoms with E-state index in [1.165, 1.54) is 12.1 Å². The Morgan fingerprint density at radius 2 is 1.90 bits per heavy atom. The van der Waals surface area contributed by atoms with Gasteiger partial charge in [0.1, 0.15) is 4.90 Å². The predicted molar refractivity (Wildman–Crippen MR) is 69.0 cm³/mol. The molecule has 9 heteroatoms. The van der Waals surface area contributed by atoms with E-state index in [1.807, 2.05) is 4.72 Å². The van der Waals surface area contributed by atoms with Crippen LogP contribution in [-0.2, 0) is 22.8 Å². The van der Waals surface area contributed by atoms with E-state index < -0.39 is 34.1 Å². The maximum Gasteiger partial charge on any atom is 0.418 e. The Balaban J connectivity index is 2.38. The largest absolute Gasteiger partial charge is 0.418 e. The molecule has 114 valence electrons. The maximum atomic E-state index is 12.8. The van der Waals surface area contributed by atoms with Crippen molar-refractivity contribution in [1.82, 2.24) is 4.98 Å². The fourth-order valence-corrected chi connectivity index (χ4v) is 2.79. The normalized spacial score (nSPS) is 12.4. The van der Waals surface area contributed by atoms with E-state index in [0.29, 0.717) is 0 Å². The highest BCUT2D eigenvalue weighted by Crippen LogP contribution is 2.35. The van der Waals surface area contributed by atoms with E-state index in [0.717, 1.165) is 24.4 Å². The number of aliphatic hydroxyl groups is 1. The summed E-state index contributed by atoms with van der Waals surface area (Å²) in [6.45, 7) is -0.408. The number of aromatic nitrogens is 1. The number of anilines is 1. The highest BCUT2D eigenvalue weighted by molar-refractivity contribution is 7.92. The molecule has 3 N–H and O–H groups in total. The Hall–Kier alpha value is -2.00. The van der Waals surface area contributed by atoms with Crippen LogP contribution >= 0.6 is 0 Å². The number of benzene rings is 1. The molecule has 0 atom stereocenters. The molecular formula is C12H11F3N2O3S. The molecule has 0 radical (unpaired) electrons. The summed E-state index contributed by atoms with van der Waals surface area (Å²) in [6, 6.07) is 5.41. The van der Waals surface area contributed by atoms with Crippen LogP contribution in [0.25, 0.3) is 0 Å². The van der Waals surface area contributed by atoms with Gasteiger partial charge in [0.2, 0.25) is 0 Å². The molecule has 0 saturated carbocycles. The zero-order valence-corrected chi connectivity index (χ0v) is 11.3. The molecule has 2 aromatic rings. The van der Waals surface area contributed by atoms with Gasteiger partial charge in [-0.25, -0.2) is 8.42 Å². The summed E-state index contributed by atoms with van der Waals surface area (Å²) in [4.78, 5) is 2.24. The zero-order chi connectivity index (χ0) is 15.7. The monoisotopic (exact) mass is 320 g/mol. The van der Waals surface area contributed by atoms with Gasteiger partial charge in [0.15, 0.2) is 0 Å².